The number of rotatable bonds is 7. The van der Waals surface area contributed by atoms with Crippen molar-refractivity contribution < 1.29 is 22.7 Å². The first-order valence-electron chi connectivity index (χ1n) is 10.3. The molecule has 3 N–H and O–H groups in total. The fraction of sp³-hybridized carbons (Fsp3) is 0.364. The van der Waals surface area contributed by atoms with E-state index in [-0.39, 0.29) is 16.2 Å². The van der Waals surface area contributed by atoms with Crippen LogP contribution in [0.25, 0.3) is 0 Å². The van der Waals surface area contributed by atoms with Crippen LogP contribution < -0.4 is 15.8 Å². The second-order valence-corrected chi connectivity index (χ2v) is 9.98. The fourth-order valence-corrected chi connectivity index (χ4v) is 5.48. The van der Waals surface area contributed by atoms with Crippen LogP contribution in [-0.4, -0.2) is 44.2 Å². The lowest BCUT2D eigenvalue weighted by atomic mass is 10.2. The lowest BCUT2D eigenvalue weighted by Crippen LogP contribution is -2.32. The lowest BCUT2D eigenvalue weighted by Gasteiger charge is -2.21. The summed E-state index contributed by atoms with van der Waals surface area (Å²) in [6.07, 6.45) is 3.71. The van der Waals surface area contributed by atoms with Crippen LogP contribution in [0.1, 0.15) is 41.6 Å². The van der Waals surface area contributed by atoms with Gasteiger partial charge in [0.2, 0.25) is 10.0 Å². The van der Waals surface area contributed by atoms with Crippen LogP contribution in [0.2, 0.25) is 5.02 Å². The Hall–Kier alpha value is -2.62. The van der Waals surface area contributed by atoms with Gasteiger partial charge in [0.15, 0.2) is 6.61 Å². The number of hydrogen-bond acceptors (Lipinski definition) is 5. The summed E-state index contributed by atoms with van der Waals surface area (Å²) in [7, 11) is -3.66. The quantitative estimate of drug-likeness (QED) is 0.631. The maximum Gasteiger partial charge on any atom is 0.262 e. The highest BCUT2D eigenvalue weighted by Gasteiger charge is 2.27. The van der Waals surface area contributed by atoms with E-state index in [1.807, 2.05) is 0 Å². The average molecular weight is 480 g/mol. The smallest absolute Gasteiger partial charge is 0.262 e. The average Bonchev–Trinajstić information content (AvgIpc) is 3.04. The number of ether oxygens (including phenoxy) is 1. The van der Waals surface area contributed by atoms with Crippen molar-refractivity contribution in [1.29, 1.82) is 0 Å². The van der Waals surface area contributed by atoms with Crippen molar-refractivity contribution in [1.82, 2.24) is 4.31 Å². The molecule has 0 atom stereocenters. The highest BCUT2D eigenvalue weighted by molar-refractivity contribution is 7.89. The number of nitrogens with zero attached hydrogens (tertiary/aromatic N) is 1. The molecule has 8 nitrogen and oxygen atoms in total. The Kier molecular flexibility index (Phi) is 7.76. The number of aryl methyl sites for hydroxylation is 1. The molecule has 0 aromatic heterocycles. The van der Waals surface area contributed by atoms with Crippen LogP contribution in [0.5, 0.6) is 5.75 Å². The lowest BCUT2D eigenvalue weighted by molar-refractivity contribution is -0.118. The van der Waals surface area contributed by atoms with Crippen LogP contribution in [0.15, 0.2) is 41.3 Å². The Morgan fingerprint density at radius 3 is 2.44 bits per heavy atom. The molecule has 1 saturated heterocycles. The van der Waals surface area contributed by atoms with Crippen molar-refractivity contribution in [2.45, 2.75) is 37.5 Å². The maximum atomic E-state index is 13.2. The molecule has 2 aromatic carbocycles. The van der Waals surface area contributed by atoms with Crippen LogP contribution in [0.3, 0.4) is 0 Å². The fourth-order valence-electron chi connectivity index (χ4n) is 3.54. The maximum absolute atomic E-state index is 13.2. The molecule has 3 rings (SSSR count). The van der Waals surface area contributed by atoms with Gasteiger partial charge in [0.05, 0.1) is 10.5 Å². The molecule has 172 valence electrons. The second kappa shape index (κ2) is 10.3. The number of halogens is 1. The summed E-state index contributed by atoms with van der Waals surface area (Å²) >= 11 is 5.87. The molecule has 1 aliphatic rings. The minimum atomic E-state index is -3.66. The van der Waals surface area contributed by atoms with E-state index < -0.39 is 28.4 Å². The molecule has 0 unspecified atom stereocenters. The number of nitrogens with two attached hydrogens (primary N) is 1. The predicted octanol–water partition coefficient (Wildman–Crippen LogP) is 3.33. The van der Waals surface area contributed by atoms with E-state index in [1.54, 1.807) is 19.1 Å². The van der Waals surface area contributed by atoms with Gasteiger partial charge >= 0.3 is 0 Å². The second-order valence-electron chi connectivity index (χ2n) is 7.64. The first-order valence-corrected chi connectivity index (χ1v) is 12.1. The van der Waals surface area contributed by atoms with Crippen molar-refractivity contribution >= 4 is 39.1 Å². The van der Waals surface area contributed by atoms with Gasteiger partial charge in [0, 0.05) is 23.8 Å². The Bertz CT molecular complexity index is 1110. The summed E-state index contributed by atoms with van der Waals surface area (Å²) in [4.78, 5) is 24.1. The Labute approximate surface area is 192 Å². The SMILES string of the molecule is Cc1ccc(NC(=O)COc2ccc(Cl)cc2C(N)=O)cc1S(=O)(=O)N1CCCCCC1. The van der Waals surface area contributed by atoms with Crippen LogP contribution in [0.4, 0.5) is 5.69 Å². The third-order valence-corrected chi connectivity index (χ3v) is 7.50. The monoisotopic (exact) mass is 479 g/mol. The Morgan fingerprint density at radius 2 is 1.78 bits per heavy atom. The zero-order chi connectivity index (χ0) is 23.3. The normalized spacial score (nSPS) is 15.1. The number of benzene rings is 2. The molecule has 0 aliphatic carbocycles. The summed E-state index contributed by atoms with van der Waals surface area (Å²) in [6, 6.07) is 9.08. The van der Waals surface area contributed by atoms with Crippen LogP contribution in [-0.2, 0) is 14.8 Å². The zero-order valence-corrected chi connectivity index (χ0v) is 19.3. The highest BCUT2D eigenvalue weighted by atomic mass is 35.5. The van der Waals surface area contributed by atoms with E-state index >= 15 is 0 Å². The number of nitrogens with one attached hydrogen (secondary N) is 1. The molecule has 32 heavy (non-hydrogen) atoms. The molecule has 1 aliphatic heterocycles. The molecular weight excluding hydrogens is 454 g/mol. The van der Waals surface area contributed by atoms with Crippen LogP contribution >= 0.6 is 11.6 Å². The topological polar surface area (TPSA) is 119 Å². The van der Waals surface area contributed by atoms with E-state index in [4.69, 9.17) is 22.1 Å². The van der Waals surface area contributed by atoms with Crippen molar-refractivity contribution in [2.24, 2.45) is 5.73 Å². The van der Waals surface area contributed by atoms with Crippen molar-refractivity contribution in [3.8, 4) is 5.75 Å². The number of anilines is 1. The van der Waals surface area contributed by atoms with Gasteiger partial charge in [0.25, 0.3) is 11.8 Å². The van der Waals surface area contributed by atoms with Gasteiger partial charge in [-0.2, -0.15) is 4.31 Å². The largest absolute Gasteiger partial charge is 0.483 e. The molecule has 2 aromatic rings. The first-order chi connectivity index (χ1) is 15.2. The van der Waals surface area contributed by atoms with Gasteiger partial charge < -0.3 is 15.8 Å². The molecule has 10 heteroatoms. The summed E-state index contributed by atoms with van der Waals surface area (Å²) in [5.41, 5.74) is 6.32. The molecule has 2 amide bonds. The third-order valence-electron chi connectivity index (χ3n) is 5.22. The molecule has 1 fully saturated rings. The molecule has 0 bridgehead atoms. The number of sulfonamides is 1. The van der Waals surface area contributed by atoms with E-state index in [1.165, 1.54) is 28.6 Å². The summed E-state index contributed by atoms with van der Waals surface area (Å²) in [6.45, 7) is 2.32. The van der Waals surface area contributed by atoms with Gasteiger partial charge in [-0.15, -0.1) is 0 Å². The standard InChI is InChI=1S/C22H26ClN3O5S/c1-15-6-8-17(13-20(15)32(29,30)26-10-4-2-3-5-11-26)25-21(27)14-31-19-9-7-16(23)12-18(19)22(24)28/h6-9,12-13H,2-5,10-11,14H2,1H3,(H2,24,28)(H,25,27). The number of primary amides is 1. The number of hydrogen-bond donors (Lipinski definition) is 2. The highest BCUT2D eigenvalue weighted by Crippen LogP contribution is 2.26. The summed E-state index contributed by atoms with van der Waals surface area (Å²) in [5.74, 6) is -1.12. The first kappa shape index (κ1) is 24.0. The van der Waals surface area contributed by atoms with Gasteiger partial charge in [0.1, 0.15) is 5.75 Å². The predicted molar refractivity (Wildman–Crippen MR) is 123 cm³/mol. The minimum Gasteiger partial charge on any atom is -0.483 e. The van der Waals surface area contributed by atoms with Crippen LogP contribution in [0, 0.1) is 6.92 Å². The van der Waals surface area contributed by atoms with Gasteiger partial charge in [-0.25, -0.2) is 8.42 Å². The summed E-state index contributed by atoms with van der Waals surface area (Å²) in [5, 5.41) is 2.95. The Balaban J connectivity index is 1.72. The van der Waals surface area contributed by atoms with Gasteiger partial charge in [-0.3, -0.25) is 9.59 Å². The molecule has 0 radical (unpaired) electrons. The molecular formula is C22H26ClN3O5S. The number of carbonyl (C=O) groups excluding carboxylic acids is 2. The molecule has 0 spiro atoms. The Morgan fingerprint density at radius 1 is 1.09 bits per heavy atom. The molecule has 0 saturated carbocycles. The van der Waals surface area contributed by atoms with Crippen molar-refractivity contribution in [2.75, 3.05) is 25.0 Å². The zero-order valence-electron chi connectivity index (χ0n) is 17.8. The van der Waals surface area contributed by atoms with Crippen molar-refractivity contribution in [3.05, 3.63) is 52.5 Å². The summed E-state index contributed by atoms with van der Waals surface area (Å²) < 4.78 is 33.3. The number of amides is 2. The van der Waals surface area contributed by atoms with E-state index in [0.717, 1.165) is 25.7 Å². The molecule has 1 heterocycles. The third kappa shape index (κ3) is 5.79. The van der Waals surface area contributed by atoms with E-state index in [0.29, 0.717) is 29.4 Å². The van der Waals surface area contributed by atoms with E-state index in [9.17, 15) is 18.0 Å². The van der Waals surface area contributed by atoms with E-state index in [2.05, 4.69) is 5.32 Å². The minimum absolute atomic E-state index is 0.0615. The number of carbonyl (C=O) groups is 2. The van der Waals surface area contributed by atoms with Gasteiger partial charge in [-0.05, 0) is 55.7 Å². The van der Waals surface area contributed by atoms with Crippen molar-refractivity contribution in [3.63, 3.8) is 0 Å². The van der Waals surface area contributed by atoms with Gasteiger partial charge in [-0.1, -0.05) is 30.5 Å².